The summed E-state index contributed by atoms with van der Waals surface area (Å²) in [6, 6.07) is 13.5. The maximum atomic E-state index is 13.3. The van der Waals surface area contributed by atoms with E-state index in [4.69, 9.17) is 30.8 Å². The average Bonchev–Trinajstić information content (AvgIpc) is 2.85. The molecule has 0 bridgehead atoms. The minimum atomic E-state index is -0.722. The van der Waals surface area contributed by atoms with Crippen molar-refractivity contribution in [3.63, 3.8) is 0 Å². The number of anilines is 1. The molecule has 1 heterocycles. The number of likely N-dealkylation sites (tertiary alicyclic amines) is 1. The number of hydrogen-bond donors (Lipinski definition) is 3. The van der Waals surface area contributed by atoms with Crippen LogP contribution in [-0.2, 0) is 9.53 Å². The van der Waals surface area contributed by atoms with Crippen LogP contribution in [0.5, 0.6) is 11.5 Å². The van der Waals surface area contributed by atoms with Crippen LogP contribution < -0.4 is 20.1 Å². The van der Waals surface area contributed by atoms with Crippen molar-refractivity contribution in [3.8, 4) is 11.5 Å². The Kier molecular flexibility index (Phi) is 9.15. The van der Waals surface area contributed by atoms with Crippen LogP contribution in [0.3, 0.4) is 0 Å². The Morgan fingerprint density at radius 2 is 1.73 bits per heavy atom. The first kappa shape index (κ1) is 28.0. The highest BCUT2D eigenvalue weighted by atomic mass is 16.5. The van der Waals surface area contributed by atoms with Crippen molar-refractivity contribution < 1.29 is 19.0 Å². The van der Waals surface area contributed by atoms with Crippen molar-refractivity contribution in [1.82, 2.24) is 4.90 Å². The molecular formula is C28H39N5O4. The second kappa shape index (κ2) is 12.1. The van der Waals surface area contributed by atoms with Crippen LogP contribution in [0.1, 0.15) is 46.1 Å². The Balaban J connectivity index is 1.67. The molecule has 0 aromatic heterocycles. The third-order valence-corrected chi connectivity index (χ3v) is 6.24. The third kappa shape index (κ3) is 8.21. The van der Waals surface area contributed by atoms with Gasteiger partial charge in [-0.15, -0.1) is 0 Å². The summed E-state index contributed by atoms with van der Waals surface area (Å²) in [5.74, 6) is 1.22. The third-order valence-electron chi connectivity index (χ3n) is 6.24. The van der Waals surface area contributed by atoms with Gasteiger partial charge in [0.05, 0.1) is 18.0 Å². The number of esters is 1. The summed E-state index contributed by atoms with van der Waals surface area (Å²) in [5, 5.41) is 15.5. The smallest absolute Gasteiger partial charge is 0.336 e. The van der Waals surface area contributed by atoms with Crippen LogP contribution in [0.4, 0.5) is 5.69 Å². The quantitative estimate of drug-likeness (QED) is 0.202. The molecule has 1 aliphatic heterocycles. The Labute approximate surface area is 219 Å². The maximum absolute atomic E-state index is 13.3. The molecule has 1 atom stereocenters. The van der Waals surface area contributed by atoms with Gasteiger partial charge in [0.15, 0.2) is 6.04 Å². The van der Waals surface area contributed by atoms with E-state index in [1.54, 1.807) is 54.4 Å². The number of carbonyl (C=O) groups excluding carboxylic acids is 1. The van der Waals surface area contributed by atoms with Gasteiger partial charge in [0.2, 0.25) is 0 Å². The second-order valence-corrected chi connectivity index (χ2v) is 10.3. The van der Waals surface area contributed by atoms with E-state index in [9.17, 15) is 4.79 Å². The van der Waals surface area contributed by atoms with Gasteiger partial charge in [-0.05, 0) is 64.1 Å². The van der Waals surface area contributed by atoms with Crippen molar-refractivity contribution in [2.75, 3.05) is 31.6 Å². The molecular weight excluding hydrogens is 470 g/mol. The lowest BCUT2D eigenvalue weighted by Gasteiger charge is -2.32. The zero-order chi connectivity index (χ0) is 27.2. The van der Waals surface area contributed by atoms with Gasteiger partial charge in [-0.3, -0.25) is 10.8 Å². The number of amidine groups is 2. The summed E-state index contributed by atoms with van der Waals surface area (Å²) in [4.78, 5) is 17.1. The Bertz CT molecular complexity index is 1090. The lowest BCUT2D eigenvalue weighted by molar-refractivity contribution is -0.138. The summed E-state index contributed by atoms with van der Waals surface area (Å²) in [5.41, 5.74) is 6.51. The molecule has 200 valence electrons. The monoisotopic (exact) mass is 509 g/mol. The van der Waals surface area contributed by atoms with E-state index < -0.39 is 17.6 Å². The van der Waals surface area contributed by atoms with Gasteiger partial charge in [-0.2, -0.15) is 0 Å². The molecule has 0 aliphatic carbocycles. The number of nitrogens with two attached hydrogens (primary N) is 1. The first-order valence-electron chi connectivity index (χ1n) is 12.5. The largest absolute Gasteiger partial charge is 0.490 e. The number of piperidine rings is 1. The molecule has 0 amide bonds. The second-order valence-electron chi connectivity index (χ2n) is 10.3. The molecule has 1 fully saturated rings. The van der Waals surface area contributed by atoms with Crippen molar-refractivity contribution in [1.29, 1.82) is 10.8 Å². The van der Waals surface area contributed by atoms with Crippen LogP contribution in [0, 0.1) is 10.8 Å². The van der Waals surface area contributed by atoms with Gasteiger partial charge in [-0.25, -0.2) is 4.79 Å². The average molecular weight is 510 g/mol. The van der Waals surface area contributed by atoms with Crippen LogP contribution >= 0.6 is 0 Å². The van der Waals surface area contributed by atoms with Gasteiger partial charge in [-0.1, -0.05) is 12.1 Å². The highest BCUT2D eigenvalue weighted by Gasteiger charge is 2.29. The van der Waals surface area contributed by atoms with Gasteiger partial charge >= 0.3 is 5.97 Å². The van der Waals surface area contributed by atoms with Crippen molar-refractivity contribution in [3.05, 3.63) is 54.1 Å². The fourth-order valence-electron chi connectivity index (χ4n) is 4.01. The fourth-order valence-corrected chi connectivity index (χ4v) is 4.01. The fraction of sp³-hybridized carbons (Fsp3) is 0.464. The summed E-state index contributed by atoms with van der Waals surface area (Å²) in [6.07, 6.45) is 1.82. The number of benzene rings is 2. The Morgan fingerprint density at radius 1 is 1.11 bits per heavy atom. The minimum absolute atomic E-state index is 0.0435. The van der Waals surface area contributed by atoms with Gasteiger partial charge in [0.1, 0.15) is 23.4 Å². The standard InChI is InChI=1S/C28H39N5O4/c1-19(29)33-15-13-24(14-16-33)36-22-9-11-23(12-10-22)37-27(34)25(18-35-28(2,3)4)32(5)21-8-6-7-20(17-21)26(30)31/h6-12,17,24-25,29H,13-16,18H2,1-5H3,(H3,30,31)/t25-/m1/s1. The number of ether oxygens (including phenoxy) is 3. The Morgan fingerprint density at radius 3 is 2.30 bits per heavy atom. The van der Waals surface area contributed by atoms with E-state index in [1.807, 2.05) is 33.8 Å². The van der Waals surface area contributed by atoms with Crippen LogP contribution in [0.25, 0.3) is 0 Å². The molecule has 0 saturated carbocycles. The zero-order valence-corrected chi connectivity index (χ0v) is 22.4. The Hall–Kier alpha value is -3.59. The van der Waals surface area contributed by atoms with Gasteiger partial charge in [0.25, 0.3) is 0 Å². The molecule has 1 saturated heterocycles. The maximum Gasteiger partial charge on any atom is 0.336 e. The minimum Gasteiger partial charge on any atom is -0.490 e. The first-order chi connectivity index (χ1) is 17.4. The van der Waals surface area contributed by atoms with E-state index in [2.05, 4.69) is 4.90 Å². The number of carbonyl (C=O) groups is 1. The van der Waals surface area contributed by atoms with E-state index in [0.717, 1.165) is 37.4 Å². The normalized spacial score (nSPS) is 15.1. The molecule has 3 rings (SSSR count). The van der Waals surface area contributed by atoms with Crippen LogP contribution in [0.2, 0.25) is 0 Å². The van der Waals surface area contributed by atoms with Gasteiger partial charge < -0.3 is 29.7 Å². The molecule has 9 nitrogen and oxygen atoms in total. The molecule has 0 unspecified atom stereocenters. The number of nitrogens with one attached hydrogen (secondary N) is 2. The highest BCUT2D eigenvalue weighted by Crippen LogP contribution is 2.24. The summed E-state index contributed by atoms with van der Waals surface area (Å²) >= 11 is 0. The first-order valence-corrected chi connectivity index (χ1v) is 12.5. The highest BCUT2D eigenvalue weighted by molar-refractivity contribution is 5.96. The molecule has 0 spiro atoms. The number of nitrogen functional groups attached to an aromatic ring is 1. The molecule has 1 aliphatic rings. The molecule has 2 aromatic carbocycles. The predicted molar refractivity (Wildman–Crippen MR) is 146 cm³/mol. The van der Waals surface area contributed by atoms with Crippen molar-refractivity contribution in [2.45, 2.75) is 58.3 Å². The molecule has 2 aromatic rings. The topological polar surface area (TPSA) is 125 Å². The number of nitrogens with zero attached hydrogens (tertiary/aromatic N) is 2. The SMILES string of the molecule is CC(=N)N1CCC(Oc2ccc(OC(=O)[C@@H](COC(C)(C)C)N(C)c3cccc(C(=N)N)c3)cc2)CC1. The van der Waals surface area contributed by atoms with Gasteiger partial charge in [0, 0.05) is 44.2 Å². The van der Waals surface area contributed by atoms with E-state index in [0.29, 0.717) is 17.1 Å². The number of likely N-dealkylation sites (N-methyl/N-ethyl adjacent to an activating group) is 1. The van der Waals surface area contributed by atoms with Crippen LogP contribution in [0.15, 0.2) is 48.5 Å². The van der Waals surface area contributed by atoms with E-state index >= 15 is 0 Å². The predicted octanol–water partition coefficient (Wildman–Crippen LogP) is 4.04. The molecule has 0 radical (unpaired) electrons. The lowest BCUT2D eigenvalue weighted by atomic mass is 10.1. The molecule has 4 N–H and O–H groups in total. The van der Waals surface area contributed by atoms with E-state index in [1.165, 1.54) is 0 Å². The summed E-state index contributed by atoms with van der Waals surface area (Å²) in [6.45, 7) is 9.36. The lowest BCUT2D eigenvalue weighted by Crippen LogP contribution is -2.46. The zero-order valence-electron chi connectivity index (χ0n) is 22.4. The summed E-state index contributed by atoms with van der Waals surface area (Å²) < 4.78 is 17.8. The molecule has 37 heavy (non-hydrogen) atoms. The van der Waals surface area contributed by atoms with Crippen LogP contribution in [-0.4, -0.2) is 67.0 Å². The number of hydrogen-bond acceptors (Lipinski definition) is 7. The molecule has 9 heteroatoms. The van der Waals surface area contributed by atoms with E-state index in [-0.39, 0.29) is 18.5 Å². The number of rotatable bonds is 9. The summed E-state index contributed by atoms with van der Waals surface area (Å²) in [7, 11) is 1.79. The van der Waals surface area contributed by atoms with Crippen molar-refractivity contribution in [2.24, 2.45) is 5.73 Å². The van der Waals surface area contributed by atoms with Crippen molar-refractivity contribution >= 4 is 23.3 Å².